The molecule has 8 heteroatoms. The molecule has 0 atom stereocenters. The van der Waals surface area contributed by atoms with E-state index in [1.807, 2.05) is 12.1 Å². The SMILES string of the molecule is CCN(CC)c1ccc(NC(=O)CS(=O)(=O)c2nc3ccccc3o2)cc1. The van der Waals surface area contributed by atoms with E-state index in [0.717, 1.165) is 18.8 Å². The van der Waals surface area contributed by atoms with Gasteiger partial charge in [-0.05, 0) is 50.2 Å². The summed E-state index contributed by atoms with van der Waals surface area (Å²) in [7, 11) is -3.97. The molecule has 0 radical (unpaired) electrons. The molecule has 0 bridgehead atoms. The number of hydrogen-bond donors (Lipinski definition) is 1. The zero-order valence-corrected chi connectivity index (χ0v) is 16.0. The van der Waals surface area contributed by atoms with Gasteiger partial charge in [0.05, 0.1) is 0 Å². The highest BCUT2D eigenvalue weighted by Gasteiger charge is 2.25. The monoisotopic (exact) mass is 387 g/mol. The summed E-state index contributed by atoms with van der Waals surface area (Å²) < 4.78 is 30.1. The molecular weight excluding hydrogens is 366 g/mol. The number of benzene rings is 2. The number of oxazole rings is 1. The van der Waals surface area contributed by atoms with E-state index in [2.05, 4.69) is 29.0 Å². The maximum absolute atomic E-state index is 12.4. The molecule has 27 heavy (non-hydrogen) atoms. The van der Waals surface area contributed by atoms with Crippen molar-refractivity contribution in [3.05, 3.63) is 48.5 Å². The van der Waals surface area contributed by atoms with Gasteiger partial charge in [-0.15, -0.1) is 0 Å². The first-order valence-electron chi connectivity index (χ1n) is 8.66. The van der Waals surface area contributed by atoms with Crippen molar-refractivity contribution in [3.63, 3.8) is 0 Å². The number of para-hydroxylation sites is 2. The highest BCUT2D eigenvalue weighted by Crippen LogP contribution is 2.20. The highest BCUT2D eigenvalue weighted by molar-refractivity contribution is 7.91. The number of carbonyl (C=O) groups is 1. The lowest BCUT2D eigenvalue weighted by molar-refractivity contribution is -0.113. The Balaban J connectivity index is 1.69. The van der Waals surface area contributed by atoms with Crippen LogP contribution in [0.5, 0.6) is 0 Å². The molecule has 0 aliphatic rings. The van der Waals surface area contributed by atoms with Crippen LogP contribution >= 0.6 is 0 Å². The van der Waals surface area contributed by atoms with Crippen LogP contribution in [-0.2, 0) is 14.6 Å². The molecule has 0 unspecified atom stereocenters. The molecule has 0 spiro atoms. The average Bonchev–Trinajstić information content (AvgIpc) is 3.09. The predicted octanol–water partition coefficient (Wildman–Crippen LogP) is 3.09. The van der Waals surface area contributed by atoms with E-state index in [1.54, 1.807) is 36.4 Å². The molecule has 7 nitrogen and oxygen atoms in total. The molecule has 2 aromatic carbocycles. The van der Waals surface area contributed by atoms with Gasteiger partial charge in [0.15, 0.2) is 5.58 Å². The molecule has 0 aliphatic heterocycles. The van der Waals surface area contributed by atoms with Crippen LogP contribution in [0.2, 0.25) is 0 Å². The fourth-order valence-corrected chi connectivity index (χ4v) is 3.75. The van der Waals surface area contributed by atoms with Crippen molar-refractivity contribution in [3.8, 4) is 0 Å². The number of nitrogens with zero attached hydrogens (tertiary/aromatic N) is 2. The van der Waals surface area contributed by atoms with Crippen LogP contribution in [0.25, 0.3) is 11.1 Å². The maximum Gasteiger partial charge on any atom is 0.316 e. The van der Waals surface area contributed by atoms with Crippen molar-refractivity contribution in [1.29, 1.82) is 0 Å². The Morgan fingerprint density at radius 3 is 2.37 bits per heavy atom. The molecule has 142 valence electrons. The summed E-state index contributed by atoms with van der Waals surface area (Å²) in [6.07, 6.45) is 0. The van der Waals surface area contributed by atoms with Gasteiger partial charge in [-0.2, -0.15) is 4.98 Å². The van der Waals surface area contributed by atoms with Gasteiger partial charge in [-0.3, -0.25) is 4.79 Å². The minimum Gasteiger partial charge on any atom is -0.428 e. The van der Waals surface area contributed by atoms with Crippen molar-refractivity contribution in [2.75, 3.05) is 29.1 Å². The number of amides is 1. The summed E-state index contributed by atoms with van der Waals surface area (Å²) in [6.45, 7) is 5.89. The molecule has 3 rings (SSSR count). The normalized spacial score (nSPS) is 11.5. The fourth-order valence-electron chi connectivity index (χ4n) is 2.76. The molecule has 1 amide bonds. The lowest BCUT2D eigenvalue weighted by Crippen LogP contribution is -2.23. The van der Waals surface area contributed by atoms with Crippen molar-refractivity contribution in [2.24, 2.45) is 0 Å². The van der Waals surface area contributed by atoms with Gasteiger partial charge in [-0.1, -0.05) is 12.1 Å². The van der Waals surface area contributed by atoms with Gasteiger partial charge in [0.25, 0.3) is 0 Å². The minimum atomic E-state index is -3.97. The van der Waals surface area contributed by atoms with E-state index >= 15 is 0 Å². The van der Waals surface area contributed by atoms with Crippen LogP contribution in [0.1, 0.15) is 13.8 Å². The highest BCUT2D eigenvalue weighted by atomic mass is 32.2. The Hall–Kier alpha value is -2.87. The average molecular weight is 387 g/mol. The number of anilines is 2. The van der Waals surface area contributed by atoms with Crippen molar-refractivity contribution in [1.82, 2.24) is 4.98 Å². The second-order valence-electron chi connectivity index (χ2n) is 5.97. The third-order valence-electron chi connectivity index (χ3n) is 4.14. The number of hydrogen-bond acceptors (Lipinski definition) is 6. The van der Waals surface area contributed by atoms with Crippen LogP contribution < -0.4 is 10.2 Å². The van der Waals surface area contributed by atoms with Crippen LogP contribution in [0.3, 0.4) is 0 Å². The molecule has 3 aromatic rings. The Labute approximate surface area is 157 Å². The lowest BCUT2D eigenvalue weighted by Gasteiger charge is -2.21. The Morgan fingerprint density at radius 1 is 1.07 bits per heavy atom. The summed E-state index contributed by atoms with van der Waals surface area (Å²) in [5.74, 6) is -1.38. The first kappa shape index (κ1) is 18.9. The molecule has 0 aliphatic carbocycles. The largest absolute Gasteiger partial charge is 0.428 e. The van der Waals surface area contributed by atoms with E-state index in [4.69, 9.17) is 4.42 Å². The summed E-state index contributed by atoms with van der Waals surface area (Å²) in [5.41, 5.74) is 2.37. The standard InChI is InChI=1S/C19H21N3O4S/c1-3-22(4-2)15-11-9-14(10-12-15)20-18(23)13-27(24,25)19-21-16-7-5-6-8-17(16)26-19/h5-12H,3-4,13H2,1-2H3,(H,20,23). The number of fused-ring (bicyclic) bond motifs is 1. The van der Waals surface area contributed by atoms with Gasteiger partial charge in [0, 0.05) is 24.5 Å². The number of carbonyl (C=O) groups excluding carboxylic acids is 1. The first-order valence-corrected chi connectivity index (χ1v) is 10.3. The van der Waals surface area contributed by atoms with Gasteiger partial charge < -0.3 is 14.6 Å². The zero-order valence-electron chi connectivity index (χ0n) is 15.2. The van der Waals surface area contributed by atoms with Crippen LogP contribution in [0.15, 0.2) is 58.2 Å². The number of nitrogens with one attached hydrogen (secondary N) is 1. The third kappa shape index (κ3) is 4.28. The quantitative estimate of drug-likeness (QED) is 0.670. The Kier molecular flexibility index (Phi) is 5.46. The Bertz CT molecular complexity index is 1010. The lowest BCUT2D eigenvalue weighted by atomic mass is 10.2. The van der Waals surface area contributed by atoms with Gasteiger partial charge in [0.2, 0.25) is 15.7 Å². The third-order valence-corrected chi connectivity index (χ3v) is 5.49. The number of rotatable bonds is 7. The van der Waals surface area contributed by atoms with Crippen LogP contribution in [-0.4, -0.2) is 38.2 Å². The summed E-state index contributed by atoms with van der Waals surface area (Å²) in [4.78, 5) is 18.3. The summed E-state index contributed by atoms with van der Waals surface area (Å²) >= 11 is 0. The second-order valence-corrected chi connectivity index (χ2v) is 7.84. The number of aromatic nitrogens is 1. The molecule has 1 aromatic heterocycles. The Morgan fingerprint density at radius 2 is 1.74 bits per heavy atom. The fraction of sp³-hybridized carbons (Fsp3) is 0.263. The molecule has 0 fully saturated rings. The van der Waals surface area contributed by atoms with E-state index < -0.39 is 26.7 Å². The molecular formula is C19H21N3O4S. The smallest absolute Gasteiger partial charge is 0.316 e. The molecule has 1 heterocycles. The first-order chi connectivity index (χ1) is 12.9. The van der Waals surface area contributed by atoms with Gasteiger partial charge >= 0.3 is 5.22 Å². The van der Waals surface area contributed by atoms with E-state index in [9.17, 15) is 13.2 Å². The second kappa shape index (κ2) is 7.79. The van der Waals surface area contributed by atoms with Crippen LogP contribution in [0, 0.1) is 0 Å². The predicted molar refractivity (Wildman–Crippen MR) is 105 cm³/mol. The van der Waals surface area contributed by atoms with E-state index in [0.29, 0.717) is 16.8 Å². The van der Waals surface area contributed by atoms with E-state index in [-0.39, 0.29) is 0 Å². The topological polar surface area (TPSA) is 92.5 Å². The number of sulfone groups is 1. The van der Waals surface area contributed by atoms with Crippen molar-refractivity contribution >= 4 is 38.2 Å². The van der Waals surface area contributed by atoms with Gasteiger partial charge in [-0.25, -0.2) is 8.42 Å². The molecule has 0 saturated carbocycles. The molecule has 0 saturated heterocycles. The minimum absolute atomic E-state index is 0.364. The maximum atomic E-state index is 12.4. The van der Waals surface area contributed by atoms with Crippen molar-refractivity contribution < 1.29 is 17.6 Å². The van der Waals surface area contributed by atoms with Gasteiger partial charge in [0.1, 0.15) is 11.3 Å². The zero-order chi connectivity index (χ0) is 19.4. The molecule has 1 N–H and O–H groups in total. The van der Waals surface area contributed by atoms with Crippen LogP contribution in [0.4, 0.5) is 11.4 Å². The summed E-state index contributed by atoms with van der Waals surface area (Å²) in [5, 5.41) is 2.15. The van der Waals surface area contributed by atoms with E-state index in [1.165, 1.54) is 0 Å². The summed E-state index contributed by atoms with van der Waals surface area (Å²) in [6, 6.07) is 14.0. The van der Waals surface area contributed by atoms with Crippen molar-refractivity contribution in [2.45, 2.75) is 19.1 Å².